The molecule has 0 saturated carbocycles. The maximum absolute atomic E-state index is 13.5. The predicted octanol–water partition coefficient (Wildman–Crippen LogP) is 3.30. The summed E-state index contributed by atoms with van der Waals surface area (Å²) in [5, 5.41) is 32.0. The molecule has 2 atom stereocenters. The fourth-order valence-electron chi connectivity index (χ4n) is 6.41. The number of fused-ring (bicyclic) bond motifs is 2. The van der Waals surface area contributed by atoms with Crippen molar-refractivity contribution in [2.45, 2.75) is 73.0 Å². The summed E-state index contributed by atoms with van der Waals surface area (Å²) in [5.41, 5.74) is 6.77. The number of halogens is 1. The van der Waals surface area contributed by atoms with Gasteiger partial charge >= 0.3 is 0 Å². The van der Waals surface area contributed by atoms with Crippen molar-refractivity contribution in [2.75, 3.05) is 0 Å². The Bertz CT molecular complexity index is 2420. The van der Waals surface area contributed by atoms with E-state index in [1.807, 2.05) is 78.1 Å². The minimum absolute atomic E-state index is 0.0768. The second-order valence-corrected chi connectivity index (χ2v) is 13.3. The number of amides is 2. The van der Waals surface area contributed by atoms with Crippen LogP contribution in [0.25, 0.3) is 22.1 Å². The van der Waals surface area contributed by atoms with E-state index in [1.54, 1.807) is 46.8 Å². The van der Waals surface area contributed by atoms with E-state index in [2.05, 4.69) is 36.1 Å². The minimum atomic E-state index is -1.31. The van der Waals surface area contributed by atoms with Crippen LogP contribution in [0.1, 0.15) is 51.8 Å². The van der Waals surface area contributed by atoms with Crippen molar-refractivity contribution in [3.63, 3.8) is 0 Å². The summed E-state index contributed by atoms with van der Waals surface area (Å²) in [5.74, 6) is -0.944. The summed E-state index contributed by atoms with van der Waals surface area (Å²) < 4.78 is 11.0. The highest BCUT2D eigenvalue weighted by atomic mass is 79.9. The molecule has 0 radical (unpaired) electrons. The average molecular weight is 746 g/mol. The normalized spacial score (nSPS) is 14.0. The molecule has 0 bridgehead atoms. The van der Waals surface area contributed by atoms with Gasteiger partial charge in [-0.15, -0.1) is 0 Å². The van der Waals surface area contributed by atoms with E-state index in [-0.39, 0.29) is 13.1 Å². The molecular formula is C35H41BrN10O4. The number of aliphatic hydroxyl groups excluding tert-OH is 2. The summed E-state index contributed by atoms with van der Waals surface area (Å²) in [6.07, 6.45) is -2.62. The summed E-state index contributed by atoms with van der Waals surface area (Å²) in [4.78, 5) is 36.1. The van der Waals surface area contributed by atoms with Gasteiger partial charge in [-0.3, -0.25) is 19.0 Å². The smallest absolute Gasteiger partial charge is 0.298 e. The average Bonchev–Trinajstić information content (AvgIpc) is 3.80. The third-order valence-corrected chi connectivity index (χ3v) is 9.53. The Hall–Kier alpha value is -4.86. The van der Waals surface area contributed by atoms with Gasteiger partial charge in [-0.1, -0.05) is 12.1 Å². The Labute approximate surface area is 296 Å². The quantitative estimate of drug-likeness (QED) is 0.232. The van der Waals surface area contributed by atoms with Crippen molar-refractivity contribution < 1.29 is 19.8 Å². The van der Waals surface area contributed by atoms with E-state index >= 15 is 0 Å². The van der Waals surface area contributed by atoms with Crippen molar-refractivity contribution in [3.05, 3.63) is 92.6 Å². The van der Waals surface area contributed by atoms with Crippen molar-refractivity contribution >= 4 is 49.8 Å². The lowest BCUT2D eigenvalue weighted by atomic mass is 10.2. The van der Waals surface area contributed by atoms with Crippen molar-refractivity contribution in [3.8, 4) is 0 Å². The molecule has 4 aromatic heterocycles. The number of hydrogen-bond donors (Lipinski definition) is 2. The Morgan fingerprint density at radius 3 is 1.82 bits per heavy atom. The molecule has 0 spiro atoms. The van der Waals surface area contributed by atoms with Gasteiger partial charge in [-0.05, 0) is 92.5 Å². The maximum atomic E-state index is 13.5. The topological polar surface area (TPSA) is 155 Å². The Balaban J connectivity index is 1.41. The molecule has 2 unspecified atom stereocenters. The molecule has 14 nitrogen and oxygen atoms in total. The van der Waals surface area contributed by atoms with Crippen LogP contribution in [-0.4, -0.2) is 72.1 Å². The highest BCUT2D eigenvalue weighted by Gasteiger charge is 2.25. The third kappa shape index (κ3) is 6.32. The standard InChI is InChI=1S/C35H41BrN10O4/c1-8-45-27(16-21(4)39-45)32(49)37-34-42(7)26-15-20(3)13-14-24(26)43(34)18-29(47)30(48)19-44-31-23(36)11-10-12-25(31)41(6)35(44)38-33(50)28-17-22(5)40-46(28)9-2/h10-17,29-30,47-48H,8-9,18-19H2,1-7H3. The van der Waals surface area contributed by atoms with Gasteiger partial charge in [0.2, 0.25) is 11.2 Å². The highest BCUT2D eigenvalue weighted by molar-refractivity contribution is 9.10. The number of imidazole rings is 2. The molecule has 0 fully saturated rings. The SMILES string of the molecule is CCn1nc(C)cc1C(=O)N=c1n(C)c2cc(C)ccc2n1CC(O)C(O)Cn1c(=NC(=O)c2cc(C)nn2CC)n(C)c2cccc(Br)c21. The van der Waals surface area contributed by atoms with E-state index in [0.29, 0.717) is 52.6 Å². The Morgan fingerprint density at radius 1 is 0.740 bits per heavy atom. The molecule has 50 heavy (non-hydrogen) atoms. The molecule has 0 aliphatic carbocycles. The fraction of sp³-hybridized carbons (Fsp3) is 0.371. The third-order valence-electron chi connectivity index (χ3n) is 8.89. The number of nitrogens with zero attached hydrogens (tertiary/aromatic N) is 10. The van der Waals surface area contributed by atoms with Gasteiger partial charge in [0.25, 0.3) is 11.8 Å². The van der Waals surface area contributed by atoms with E-state index in [4.69, 9.17) is 0 Å². The number of para-hydroxylation sites is 1. The van der Waals surface area contributed by atoms with Gasteiger partial charge in [0.05, 0.1) is 58.8 Å². The number of carbonyl (C=O) groups is 2. The highest BCUT2D eigenvalue weighted by Crippen LogP contribution is 2.24. The van der Waals surface area contributed by atoms with Crippen LogP contribution in [0.4, 0.5) is 0 Å². The summed E-state index contributed by atoms with van der Waals surface area (Å²) >= 11 is 3.64. The van der Waals surface area contributed by atoms with Crippen LogP contribution in [0.5, 0.6) is 0 Å². The first kappa shape index (κ1) is 35.0. The number of aromatic nitrogens is 8. The number of aryl methyl sites for hydroxylation is 7. The lowest BCUT2D eigenvalue weighted by molar-refractivity contribution is -0.000166. The predicted molar refractivity (Wildman–Crippen MR) is 191 cm³/mol. The first-order chi connectivity index (χ1) is 23.8. The molecule has 2 amide bonds. The van der Waals surface area contributed by atoms with E-state index in [0.717, 1.165) is 26.6 Å². The van der Waals surface area contributed by atoms with Crippen LogP contribution in [0.2, 0.25) is 0 Å². The minimum Gasteiger partial charge on any atom is -0.388 e. The number of benzene rings is 2. The van der Waals surface area contributed by atoms with Gasteiger partial charge in [-0.25, -0.2) is 0 Å². The van der Waals surface area contributed by atoms with Crippen molar-refractivity contribution in [1.82, 2.24) is 37.8 Å². The summed E-state index contributed by atoms with van der Waals surface area (Å²) in [6, 6.07) is 14.9. The second kappa shape index (κ2) is 13.8. The molecule has 0 aliphatic heterocycles. The number of aliphatic hydroxyl groups is 2. The zero-order valence-electron chi connectivity index (χ0n) is 29.2. The summed E-state index contributed by atoms with van der Waals surface area (Å²) in [6.45, 7) is 10.3. The van der Waals surface area contributed by atoms with E-state index in [1.165, 1.54) is 0 Å². The zero-order chi connectivity index (χ0) is 36.0. The maximum Gasteiger partial charge on any atom is 0.298 e. The molecule has 6 rings (SSSR count). The van der Waals surface area contributed by atoms with Gasteiger partial charge in [0.1, 0.15) is 11.4 Å². The molecule has 2 aromatic carbocycles. The van der Waals surface area contributed by atoms with Crippen LogP contribution < -0.4 is 11.2 Å². The molecular weight excluding hydrogens is 704 g/mol. The van der Waals surface area contributed by atoms with Gasteiger partial charge in [-0.2, -0.15) is 20.2 Å². The van der Waals surface area contributed by atoms with Crippen LogP contribution in [0, 0.1) is 20.8 Å². The fourth-order valence-corrected chi connectivity index (χ4v) is 6.98. The van der Waals surface area contributed by atoms with Crippen molar-refractivity contribution in [2.24, 2.45) is 24.1 Å². The molecule has 0 saturated heterocycles. The molecule has 15 heteroatoms. The molecule has 2 N–H and O–H groups in total. The summed E-state index contributed by atoms with van der Waals surface area (Å²) in [7, 11) is 3.61. The van der Waals surface area contributed by atoms with Crippen LogP contribution >= 0.6 is 15.9 Å². The zero-order valence-corrected chi connectivity index (χ0v) is 30.7. The number of carbonyl (C=O) groups excluding carboxylic acids is 2. The molecule has 262 valence electrons. The van der Waals surface area contributed by atoms with Crippen LogP contribution in [0.3, 0.4) is 0 Å². The molecule has 4 heterocycles. The van der Waals surface area contributed by atoms with Crippen molar-refractivity contribution in [1.29, 1.82) is 0 Å². The van der Waals surface area contributed by atoms with Gasteiger partial charge in [0, 0.05) is 31.7 Å². The molecule has 6 aromatic rings. The lowest BCUT2D eigenvalue weighted by Gasteiger charge is -2.20. The second-order valence-electron chi connectivity index (χ2n) is 12.5. The van der Waals surface area contributed by atoms with Gasteiger partial charge in [0.15, 0.2) is 0 Å². The Kier molecular flexibility index (Phi) is 9.66. The first-order valence-corrected chi connectivity index (χ1v) is 17.2. The monoisotopic (exact) mass is 744 g/mol. The molecule has 0 aliphatic rings. The number of rotatable bonds is 9. The number of hydrogen-bond acceptors (Lipinski definition) is 6. The van der Waals surface area contributed by atoms with E-state index in [9.17, 15) is 19.8 Å². The van der Waals surface area contributed by atoms with Crippen LogP contribution in [0.15, 0.2) is 63.0 Å². The van der Waals surface area contributed by atoms with Gasteiger partial charge < -0.3 is 28.5 Å². The Morgan fingerprint density at radius 2 is 1.26 bits per heavy atom. The lowest BCUT2D eigenvalue weighted by Crippen LogP contribution is -2.40. The largest absolute Gasteiger partial charge is 0.388 e. The van der Waals surface area contributed by atoms with E-state index < -0.39 is 24.0 Å². The first-order valence-electron chi connectivity index (χ1n) is 16.5. The van der Waals surface area contributed by atoms with Crippen LogP contribution in [-0.2, 0) is 40.3 Å².